The number of fused-ring (bicyclic) bond motifs is 7. The summed E-state index contributed by atoms with van der Waals surface area (Å²) < 4.78 is 6.15. The van der Waals surface area contributed by atoms with Gasteiger partial charge in [0, 0.05) is 43.8 Å². The molecule has 1 aromatic carbocycles. The van der Waals surface area contributed by atoms with E-state index in [1.165, 1.54) is 30.4 Å². The number of nitrogens with zero attached hydrogens (tertiary/aromatic N) is 1. The Bertz CT molecular complexity index is 1610. The molecule has 5 aliphatic rings. The van der Waals surface area contributed by atoms with Gasteiger partial charge in [0.05, 0.1) is 11.8 Å². The fourth-order valence-electron chi connectivity index (χ4n) is 12.9. The van der Waals surface area contributed by atoms with Crippen LogP contribution in [0, 0.1) is 57.2 Å². The highest BCUT2D eigenvalue weighted by molar-refractivity contribution is 6.00. The molecule has 0 aliphatic heterocycles. The Balaban J connectivity index is 1.20. The first-order chi connectivity index (χ1) is 25.4. The number of carboxylic acids is 1. The summed E-state index contributed by atoms with van der Waals surface area (Å²) in [5.41, 5.74) is 2.67. The molecule has 0 radical (unpaired) electrons. The Labute approximate surface area is 324 Å². The van der Waals surface area contributed by atoms with Crippen LogP contribution in [0.3, 0.4) is 0 Å². The lowest BCUT2D eigenvalue weighted by Crippen LogP contribution is -2.59. The fourth-order valence-corrected chi connectivity index (χ4v) is 12.9. The van der Waals surface area contributed by atoms with E-state index >= 15 is 0 Å². The molecule has 8 nitrogen and oxygen atoms in total. The minimum Gasteiger partial charge on any atom is -0.481 e. The first-order valence-corrected chi connectivity index (χ1v) is 21.1. The number of amides is 1. The quantitative estimate of drug-likeness (QED) is 0.195. The number of carboxylic acid groups (broad SMARTS) is 1. The summed E-state index contributed by atoms with van der Waals surface area (Å²) in [4.78, 5) is 53.1. The second kappa shape index (κ2) is 15.5. The number of allylic oxidation sites excluding steroid dienone is 2. The number of carbonyl (C=O) groups excluding carboxylic acids is 3. The molecule has 1 aromatic rings. The van der Waals surface area contributed by atoms with Crippen molar-refractivity contribution in [2.45, 2.75) is 139 Å². The molecule has 298 valence electrons. The SMILES string of the molecule is CC(=O)NCCN(CCC12CCC3C(CCC4C3CCC3C(C)(C)C(OC(=O)CC(C)(C)C(=O)O)CCC43C)C1=C(C(C)C)C(=O)C2)Cc1ccccc1. The standard InChI is InChI=1S/C46H68N2O6/c1-29(2)40-36(50)26-46(22-24-48(25-23-47-30(3)49)28-31-12-10-9-11-13-31)21-18-32-33-15-17-37-44(6,7)38(54-39(51)27-43(4,5)42(52)53)19-20-45(37,8)35(33)16-14-34(32)41(40)46/h9-13,29,32-35,37-38H,14-28H2,1-8H3,(H,47,49)(H,52,53). The second-order valence-electron chi connectivity index (χ2n) is 19.9. The van der Waals surface area contributed by atoms with E-state index in [0.29, 0.717) is 48.3 Å². The Hall–Kier alpha value is -3.00. The number of aliphatic carboxylic acids is 1. The molecule has 54 heavy (non-hydrogen) atoms. The van der Waals surface area contributed by atoms with Gasteiger partial charge in [0.15, 0.2) is 5.78 Å². The molecular formula is C46H68N2O6. The molecule has 0 aromatic heterocycles. The third-order valence-electron chi connectivity index (χ3n) is 15.4. The molecule has 6 rings (SSSR count). The van der Waals surface area contributed by atoms with E-state index < -0.39 is 17.4 Å². The Morgan fingerprint density at radius 2 is 1.69 bits per heavy atom. The number of esters is 1. The van der Waals surface area contributed by atoms with Crippen molar-refractivity contribution in [3.05, 3.63) is 47.0 Å². The summed E-state index contributed by atoms with van der Waals surface area (Å²) >= 11 is 0. The minimum atomic E-state index is -1.15. The number of carbonyl (C=O) groups is 4. The van der Waals surface area contributed by atoms with Gasteiger partial charge in [-0.25, -0.2) is 0 Å². The first kappa shape index (κ1) is 40.7. The number of nitrogens with one attached hydrogen (secondary N) is 1. The van der Waals surface area contributed by atoms with E-state index in [0.717, 1.165) is 63.7 Å². The van der Waals surface area contributed by atoms with Crippen LogP contribution in [0.15, 0.2) is 41.5 Å². The molecule has 4 saturated carbocycles. The third-order valence-corrected chi connectivity index (χ3v) is 15.4. The van der Waals surface area contributed by atoms with Gasteiger partial charge < -0.3 is 15.2 Å². The molecule has 2 N–H and O–H groups in total. The first-order valence-electron chi connectivity index (χ1n) is 21.1. The van der Waals surface area contributed by atoms with Crippen molar-refractivity contribution in [3.8, 4) is 0 Å². The average Bonchev–Trinajstić information content (AvgIpc) is 3.41. The molecule has 5 aliphatic carbocycles. The molecule has 0 heterocycles. The molecule has 4 fully saturated rings. The van der Waals surface area contributed by atoms with Crippen molar-refractivity contribution >= 4 is 23.6 Å². The summed E-state index contributed by atoms with van der Waals surface area (Å²) in [5, 5.41) is 12.6. The maximum Gasteiger partial charge on any atom is 0.309 e. The Kier molecular flexibility index (Phi) is 11.7. The van der Waals surface area contributed by atoms with Crippen molar-refractivity contribution in [1.82, 2.24) is 10.2 Å². The predicted octanol–water partition coefficient (Wildman–Crippen LogP) is 8.63. The number of hydrogen-bond donors (Lipinski definition) is 2. The normalized spacial score (nSPS) is 33.1. The van der Waals surface area contributed by atoms with Gasteiger partial charge in [-0.15, -0.1) is 0 Å². The van der Waals surface area contributed by atoms with Crippen molar-refractivity contribution in [2.24, 2.45) is 57.2 Å². The van der Waals surface area contributed by atoms with Crippen LogP contribution in [0.2, 0.25) is 0 Å². The molecule has 1 amide bonds. The lowest BCUT2D eigenvalue weighted by atomic mass is 9.40. The average molecular weight is 745 g/mol. The van der Waals surface area contributed by atoms with Gasteiger partial charge >= 0.3 is 11.9 Å². The van der Waals surface area contributed by atoms with E-state index in [9.17, 15) is 24.3 Å². The smallest absolute Gasteiger partial charge is 0.309 e. The molecule has 8 heteroatoms. The van der Waals surface area contributed by atoms with Crippen LogP contribution >= 0.6 is 0 Å². The Morgan fingerprint density at radius 1 is 0.963 bits per heavy atom. The molecule has 8 unspecified atom stereocenters. The van der Waals surface area contributed by atoms with Gasteiger partial charge in [-0.3, -0.25) is 24.1 Å². The van der Waals surface area contributed by atoms with Crippen LogP contribution in [0.1, 0.15) is 132 Å². The second-order valence-corrected chi connectivity index (χ2v) is 19.9. The van der Waals surface area contributed by atoms with Gasteiger partial charge in [-0.2, -0.15) is 0 Å². The molecule has 8 atom stereocenters. The number of hydrogen-bond acceptors (Lipinski definition) is 6. The van der Waals surface area contributed by atoms with E-state index in [1.807, 2.05) is 0 Å². The van der Waals surface area contributed by atoms with Gasteiger partial charge in [0.2, 0.25) is 5.91 Å². The van der Waals surface area contributed by atoms with Gasteiger partial charge in [0.25, 0.3) is 0 Å². The summed E-state index contributed by atoms with van der Waals surface area (Å²) in [7, 11) is 0. The topological polar surface area (TPSA) is 113 Å². The van der Waals surface area contributed by atoms with Crippen molar-refractivity contribution in [2.75, 3.05) is 19.6 Å². The number of rotatable bonds is 13. The van der Waals surface area contributed by atoms with Gasteiger partial charge in [0.1, 0.15) is 6.10 Å². The largest absolute Gasteiger partial charge is 0.481 e. The zero-order valence-corrected chi connectivity index (χ0v) is 34.5. The van der Waals surface area contributed by atoms with E-state index in [4.69, 9.17) is 4.74 Å². The van der Waals surface area contributed by atoms with Crippen LogP contribution in [0.5, 0.6) is 0 Å². The highest BCUT2D eigenvalue weighted by atomic mass is 16.5. The predicted molar refractivity (Wildman–Crippen MR) is 211 cm³/mol. The highest BCUT2D eigenvalue weighted by Crippen LogP contribution is 2.69. The van der Waals surface area contributed by atoms with Crippen molar-refractivity contribution in [1.29, 1.82) is 0 Å². The van der Waals surface area contributed by atoms with Gasteiger partial charge in [-0.1, -0.05) is 70.5 Å². The highest BCUT2D eigenvalue weighted by Gasteiger charge is 2.63. The van der Waals surface area contributed by atoms with Crippen LogP contribution in [-0.4, -0.2) is 59.4 Å². The lowest BCUT2D eigenvalue weighted by Gasteiger charge is -2.65. The van der Waals surface area contributed by atoms with Crippen molar-refractivity contribution in [3.63, 3.8) is 0 Å². The van der Waals surface area contributed by atoms with E-state index in [-0.39, 0.29) is 40.6 Å². The summed E-state index contributed by atoms with van der Waals surface area (Å²) in [6.45, 7) is 19.4. The van der Waals surface area contributed by atoms with Crippen LogP contribution in [0.4, 0.5) is 0 Å². The monoisotopic (exact) mass is 745 g/mol. The third kappa shape index (κ3) is 7.71. The zero-order valence-electron chi connectivity index (χ0n) is 34.5. The summed E-state index contributed by atoms with van der Waals surface area (Å²) in [5.74, 6) is 1.96. The zero-order chi connectivity index (χ0) is 39.2. The van der Waals surface area contributed by atoms with Crippen LogP contribution in [0.25, 0.3) is 0 Å². The number of benzene rings is 1. The lowest BCUT2D eigenvalue weighted by molar-refractivity contribution is -0.195. The Morgan fingerprint density at radius 3 is 2.35 bits per heavy atom. The maximum absolute atomic E-state index is 14.1. The summed E-state index contributed by atoms with van der Waals surface area (Å²) in [6.07, 6.45) is 10.0. The maximum atomic E-state index is 14.1. The fraction of sp³-hybridized carbons (Fsp3) is 0.739. The summed E-state index contributed by atoms with van der Waals surface area (Å²) in [6, 6.07) is 10.6. The number of Topliss-reactive ketones (excluding diaryl/α,β-unsaturated/α-hetero) is 1. The molecular weight excluding hydrogens is 677 g/mol. The van der Waals surface area contributed by atoms with E-state index in [1.54, 1.807) is 20.8 Å². The number of ketones is 1. The minimum absolute atomic E-state index is 0.00425. The van der Waals surface area contributed by atoms with E-state index in [2.05, 4.69) is 75.2 Å². The molecule has 0 bridgehead atoms. The molecule has 0 saturated heterocycles. The van der Waals surface area contributed by atoms with Gasteiger partial charge in [-0.05, 0) is 130 Å². The number of ether oxygens (including phenoxy) is 1. The van der Waals surface area contributed by atoms with Crippen LogP contribution < -0.4 is 5.32 Å². The van der Waals surface area contributed by atoms with Crippen molar-refractivity contribution < 1.29 is 29.0 Å². The van der Waals surface area contributed by atoms with Crippen LogP contribution in [-0.2, 0) is 30.5 Å². The molecule has 0 spiro atoms.